The average molecular weight is 390 g/mol. The van der Waals surface area contributed by atoms with Gasteiger partial charge in [-0.25, -0.2) is 0 Å². The number of fused-ring (bicyclic) bond motifs is 1. The lowest BCUT2D eigenvalue weighted by atomic mass is 9.92. The minimum Gasteiger partial charge on any atom is -0.493 e. The van der Waals surface area contributed by atoms with Crippen LogP contribution in [-0.2, 0) is 6.42 Å². The van der Waals surface area contributed by atoms with Crippen molar-refractivity contribution in [3.05, 3.63) is 50.6 Å². The van der Waals surface area contributed by atoms with E-state index < -0.39 is 0 Å². The number of hydrogen-bond donors (Lipinski definition) is 0. The molecule has 1 fully saturated rings. The fraction of sp³-hybridized carbons (Fsp3) is 0.368. The molecule has 0 amide bonds. The van der Waals surface area contributed by atoms with Gasteiger partial charge in [-0.1, -0.05) is 12.1 Å². The standard InChI is InChI=1S/C19H19IO/c1-12-9-16(19(13-4-5-13)17(20)10-12)14-6-7-18-15(11-14)3-2-8-21-18/h6-7,9-11,13H,2-5,8H2,1H3. The Balaban J connectivity index is 1.86. The van der Waals surface area contributed by atoms with E-state index in [1.807, 2.05) is 0 Å². The van der Waals surface area contributed by atoms with Crippen LogP contribution < -0.4 is 4.74 Å². The summed E-state index contributed by atoms with van der Waals surface area (Å²) in [6.07, 6.45) is 4.97. The first-order chi connectivity index (χ1) is 10.2. The first kappa shape index (κ1) is 13.6. The molecule has 2 heteroatoms. The summed E-state index contributed by atoms with van der Waals surface area (Å²) in [5, 5.41) is 0. The van der Waals surface area contributed by atoms with E-state index in [1.165, 1.54) is 38.7 Å². The molecule has 1 nitrogen and oxygen atoms in total. The van der Waals surface area contributed by atoms with Gasteiger partial charge in [0.05, 0.1) is 6.61 Å². The smallest absolute Gasteiger partial charge is 0.122 e. The molecule has 108 valence electrons. The minimum absolute atomic E-state index is 0.778. The zero-order valence-corrected chi connectivity index (χ0v) is 14.4. The molecule has 0 saturated heterocycles. The Morgan fingerprint density at radius 1 is 1.14 bits per heavy atom. The number of aryl methyl sites for hydroxylation is 2. The van der Waals surface area contributed by atoms with E-state index in [0.717, 1.165) is 31.1 Å². The van der Waals surface area contributed by atoms with Crippen LogP contribution in [0.3, 0.4) is 0 Å². The van der Waals surface area contributed by atoms with Gasteiger partial charge in [-0.3, -0.25) is 0 Å². The molecule has 21 heavy (non-hydrogen) atoms. The Hall–Kier alpha value is -1.03. The van der Waals surface area contributed by atoms with Crippen molar-refractivity contribution in [1.29, 1.82) is 0 Å². The largest absolute Gasteiger partial charge is 0.493 e. The van der Waals surface area contributed by atoms with Crippen molar-refractivity contribution in [2.75, 3.05) is 6.61 Å². The van der Waals surface area contributed by atoms with Gasteiger partial charge in [0.2, 0.25) is 0 Å². The summed E-state index contributed by atoms with van der Waals surface area (Å²) in [4.78, 5) is 0. The van der Waals surface area contributed by atoms with Crippen molar-refractivity contribution in [2.45, 2.75) is 38.5 Å². The maximum Gasteiger partial charge on any atom is 0.122 e. The number of ether oxygens (including phenoxy) is 1. The van der Waals surface area contributed by atoms with Crippen LogP contribution in [0.15, 0.2) is 30.3 Å². The molecule has 4 rings (SSSR count). The number of benzene rings is 2. The third-order valence-electron chi connectivity index (χ3n) is 4.48. The Bertz CT molecular complexity index is 701. The molecular formula is C19H19IO. The summed E-state index contributed by atoms with van der Waals surface area (Å²) < 4.78 is 7.18. The molecule has 0 unspecified atom stereocenters. The second-order valence-corrected chi connectivity index (χ2v) is 7.42. The summed E-state index contributed by atoms with van der Waals surface area (Å²) in [7, 11) is 0. The Morgan fingerprint density at radius 2 is 2.00 bits per heavy atom. The average Bonchev–Trinajstić information content (AvgIpc) is 3.30. The van der Waals surface area contributed by atoms with Crippen LogP contribution in [0.1, 0.15) is 41.9 Å². The van der Waals surface area contributed by atoms with E-state index in [4.69, 9.17) is 4.74 Å². The van der Waals surface area contributed by atoms with E-state index >= 15 is 0 Å². The molecule has 2 aromatic carbocycles. The molecule has 2 aromatic rings. The zero-order valence-electron chi connectivity index (χ0n) is 12.3. The highest BCUT2D eigenvalue weighted by Crippen LogP contribution is 2.47. The van der Waals surface area contributed by atoms with Crippen molar-refractivity contribution in [3.63, 3.8) is 0 Å². The van der Waals surface area contributed by atoms with Crippen LogP contribution >= 0.6 is 22.6 Å². The third kappa shape index (κ3) is 2.59. The lowest BCUT2D eigenvalue weighted by molar-refractivity contribution is 0.288. The van der Waals surface area contributed by atoms with E-state index in [9.17, 15) is 0 Å². The quantitative estimate of drug-likeness (QED) is 0.618. The first-order valence-electron chi connectivity index (χ1n) is 7.78. The molecular weight excluding hydrogens is 371 g/mol. The maximum absolute atomic E-state index is 5.75. The normalized spacial score (nSPS) is 17.2. The van der Waals surface area contributed by atoms with Gasteiger partial charge in [0.25, 0.3) is 0 Å². The molecule has 1 heterocycles. The van der Waals surface area contributed by atoms with Crippen molar-refractivity contribution < 1.29 is 4.74 Å². The second kappa shape index (κ2) is 5.31. The van der Waals surface area contributed by atoms with E-state index in [-0.39, 0.29) is 0 Å². The predicted molar refractivity (Wildman–Crippen MR) is 95.1 cm³/mol. The van der Waals surface area contributed by atoms with Gasteiger partial charge in [-0.15, -0.1) is 0 Å². The van der Waals surface area contributed by atoms with Crippen molar-refractivity contribution in [2.24, 2.45) is 0 Å². The van der Waals surface area contributed by atoms with Crippen LogP contribution in [0.5, 0.6) is 5.75 Å². The van der Waals surface area contributed by atoms with Crippen LogP contribution in [-0.4, -0.2) is 6.61 Å². The maximum atomic E-state index is 5.75. The Labute approximate surface area is 139 Å². The zero-order chi connectivity index (χ0) is 14.4. The highest BCUT2D eigenvalue weighted by Gasteiger charge is 2.29. The van der Waals surface area contributed by atoms with Crippen molar-refractivity contribution in [1.82, 2.24) is 0 Å². The summed E-state index contributed by atoms with van der Waals surface area (Å²) in [6.45, 7) is 3.06. The van der Waals surface area contributed by atoms with Crippen molar-refractivity contribution in [3.8, 4) is 16.9 Å². The van der Waals surface area contributed by atoms with Gasteiger partial charge in [-0.2, -0.15) is 0 Å². The summed E-state index contributed by atoms with van der Waals surface area (Å²) in [6, 6.07) is 11.4. The molecule has 1 aliphatic carbocycles. The molecule has 2 aliphatic rings. The molecule has 0 atom stereocenters. The third-order valence-corrected chi connectivity index (χ3v) is 5.37. The number of rotatable bonds is 2. The van der Waals surface area contributed by atoms with Gasteiger partial charge < -0.3 is 4.74 Å². The molecule has 0 aromatic heterocycles. The molecule has 0 bridgehead atoms. The highest BCUT2D eigenvalue weighted by atomic mass is 127. The summed E-state index contributed by atoms with van der Waals surface area (Å²) >= 11 is 2.51. The van der Waals surface area contributed by atoms with Gasteiger partial charge in [0.15, 0.2) is 0 Å². The summed E-state index contributed by atoms with van der Waals surface area (Å²) in [5.74, 6) is 1.86. The molecule has 0 N–H and O–H groups in total. The van der Waals surface area contributed by atoms with Gasteiger partial charge in [0.1, 0.15) is 5.75 Å². The van der Waals surface area contributed by atoms with Gasteiger partial charge in [-0.05, 0) is 107 Å². The van der Waals surface area contributed by atoms with E-state index in [2.05, 4.69) is 59.8 Å². The van der Waals surface area contributed by atoms with Gasteiger partial charge >= 0.3 is 0 Å². The first-order valence-corrected chi connectivity index (χ1v) is 8.86. The lowest BCUT2D eigenvalue weighted by Crippen LogP contribution is -2.08. The Morgan fingerprint density at radius 3 is 2.81 bits per heavy atom. The van der Waals surface area contributed by atoms with Crippen LogP contribution in [0.4, 0.5) is 0 Å². The van der Waals surface area contributed by atoms with Crippen LogP contribution in [0.2, 0.25) is 0 Å². The van der Waals surface area contributed by atoms with Crippen molar-refractivity contribution >= 4 is 22.6 Å². The molecule has 1 saturated carbocycles. The monoisotopic (exact) mass is 390 g/mol. The van der Waals surface area contributed by atoms with Crippen LogP contribution in [0, 0.1) is 10.5 Å². The molecule has 1 aliphatic heterocycles. The number of halogens is 1. The van der Waals surface area contributed by atoms with E-state index in [1.54, 1.807) is 5.56 Å². The predicted octanol–water partition coefficient (Wildman–Crippen LogP) is 5.47. The topological polar surface area (TPSA) is 9.23 Å². The highest BCUT2D eigenvalue weighted by molar-refractivity contribution is 14.1. The summed E-state index contributed by atoms with van der Waals surface area (Å²) in [5.41, 5.74) is 7.10. The van der Waals surface area contributed by atoms with Crippen LogP contribution in [0.25, 0.3) is 11.1 Å². The fourth-order valence-corrected chi connectivity index (χ4v) is 4.53. The molecule has 0 spiro atoms. The SMILES string of the molecule is Cc1cc(I)c(C2CC2)c(-c2ccc3c(c2)CCCO3)c1. The van der Waals surface area contributed by atoms with Gasteiger partial charge in [0, 0.05) is 3.57 Å². The number of hydrogen-bond acceptors (Lipinski definition) is 1. The lowest BCUT2D eigenvalue weighted by Gasteiger charge is -2.19. The minimum atomic E-state index is 0.778. The fourth-order valence-electron chi connectivity index (χ4n) is 3.31. The Kier molecular flexibility index (Phi) is 3.44. The molecule has 0 radical (unpaired) electrons. The van der Waals surface area contributed by atoms with E-state index in [0.29, 0.717) is 0 Å². The second-order valence-electron chi connectivity index (χ2n) is 6.26.